The molecule has 170 valence electrons. The molecule has 2 aliphatic heterocycles. The van der Waals surface area contributed by atoms with E-state index in [0.29, 0.717) is 18.8 Å². The molecule has 1 amide bonds. The van der Waals surface area contributed by atoms with E-state index in [4.69, 9.17) is 5.11 Å². The van der Waals surface area contributed by atoms with Crippen LogP contribution in [0.25, 0.3) is 0 Å². The van der Waals surface area contributed by atoms with Crippen LogP contribution < -0.4 is 10.2 Å². The zero-order chi connectivity index (χ0) is 22.2. The number of hydrogen-bond acceptors (Lipinski definition) is 6. The first-order valence-electron chi connectivity index (χ1n) is 11.3. The maximum atomic E-state index is 11.6. The first-order valence-corrected chi connectivity index (χ1v) is 11.3. The number of hydrogen-bond donors (Lipinski definition) is 2. The summed E-state index contributed by atoms with van der Waals surface area (Å²) in [7, 11) is 1.60. The summed E-state index contributed by atoms with van der Waals surface area (Å²) in [6, 6.07) is 2.03. The molecule has 2 fully saturated rings. The standard InChI is InChI=1S/C23H34N4O4/c1-24-22(29)3-2-19(16-28)20-12-21(14-25-13-20)27-10-4-17(5-11-27)15-26-8-6-18(7-9-26)23(30)31/h12-14,16-19H,2-11,15H2,1H3,(H,24,29)(H,30,31). The molecule has 1 atom stereocenters. The lowest BCUT2D eigenvalue weighted by atomic mass is 9.92. The number of carbonyl (C=O) groups is 3. The average Bonchev–Trinajstić information content (AvgIpc) is 2.80. The molecule has 8 heteroatoms. The largest absolute Gasteiger partial charge is 0.481 e. The molecule has 0 bridgehead atoms. The summed E-state index contributed by atoms with van der Waals surface area (Å²) in [4.78, 5) is 43.3. The Morgan fingerprint density at radius 3 is 2.52 bits per heavy atom. The number of likely N-dealkylation sites (tertiary alicyclic amines) is 1. The highest BCUT2D eigenvalue weighted by Crippen LogP contribution is 2.28. The molecule has 31 heavy (non-hydrogen) atoms. The smallest absolute Gasteiger partial charge is 0.306 e. The van der Waals surface area contributed by atoms with Crippen molar-refractivity contribution in [1.29, 1.82) is 0 Å². The third-order valence-electron chi connectivity index (χ3n) is 6.73. The van der Waals surface area contributed by atoms with Gasteiger partial charge in [-0.25, -0.2) is 0 Å². The van der Waals surface area contributed by atoms with E-state index in [9.17, 15) is 14.4 Å². The number of aromatic nitrogens is 1. The highest BCUT2D eigenvalue weighted by atomic mass is 16.4. The van der Waals surface area contributed by atoms with Crippen LogP contribution >= 0.6 is 0 Å². The molecule has 2 saturated heterocycles. The fourth-order valence-electron chi connectivity index (χ4n) is 4.65. The first-order chi connectivity index (χ1) is 15.0. The van der Waals surface area contributed by atoms with Gasteiger partial charge in [0.25, 0.3) is 0 Å². The number of carbonyl (C=O) groups excluding carboxylic acids is 2. The lowest BCUT2D eigenvalue weighted by Gasteiger charge is -2.37. The highest BCUT2D eigenvalue weighted by molar-refractivity contribution is 5.76. The Balaban J connectivity index is 1.49. The number of nitrogens with one attached hydrogen (secondary N) is 1. The van der Waals surface area contributed by atoms with Crippen LogP contribution in [0.1, 0.15) is 50.0 Å². The molecular formula is C23H34N4O4. The molecule has 0 aliphatic carbocycles. The molecule has 1 unspecified atom stereocenters. The Hall–Kier alpha value is -2.48. The van der Waals surface area contributed by atoms with Gasteiger partial charge in [0.05, 0.1) is 17.8 Å². The van der Waals surface area contributed by atoms with Gasteiger partial charge in [0, 0.05) is 45.2 Å². The fraction of sp³-hybridized carbons (Fsp3) is 0.652. The Kier molecular flexibility index (Phi) is 8.40. The van der Waals surface area contributed by atoms with E-state index in [1.807, 2.05) is 12.3 Å². The van der Waals surface area contributed by atoms with Crippen LogP contribution in [0.3, 0.4) is 0 Å². The number of pyridine rings is 1. The molecule has 0 aromatic carbocycles. The number of piperidine rings is 2. The molecule has 3 rings (SSSR count). The Morgan fingerprint density at radius 1 is 1.19 bits per heavy atom. The van der Waals surface area contributed by atoms with Crippen molar-refractivity contribution in [2.75, 3.05) is 44.7 Å². The maximum Gasteiger partial charge on any atom is 0.306 e. The van der Waals surface area contributed by atoms with Gasteiger partial charge in [-0.05, 0) is 62.7 Å². The monoisotopic (exact) mass is 430 g/mol. The van der Waals surface area contributed by atoms with Crippen LogP contribution in [0.15, 0.2) is 18.5 Å². The number of aldehydes is 1. The number of anilines is 1. The summed E-state index contributed by atoms with van der Waals surface area (Å²) >= 11 is 0. The van der Waals surface area contributed by atoms with E-state index in [1.165, 1.54) is 0 Å². The van der Waals surface area contributed by atoms with Crippen LogP contribution in [-0.4, -0.2) is 72.9 Å². The Labute approximate surface area is 184 Å². The summed E-state index contributed by atoms with van der Waals surface area (Å²) < 4.78 is 0. The first kappa shape index (κ1) is 23.2. The quantitative estimate of drug-likeness (QED) is 0.577. The zero-order valence-electron chi connectivity index (χ0n) is 18.3. The third kappa shape index (κ3) is 6.50. The number of carboxylic acids is 1. The third-order valence-corrected chi connectivity index (χ3v) is 6.73. The van der Waals surface area contributed by atoms with E-state index in [1.54, 1.807) is 13.2 Å². The second-order valence-electron chi connectivity index (χ2n) is 8.77. The van der Waals surface area contributed by atoms with Crippen molar-refractivity contribution in [1.82, 2.24) is 15.2 Å². The van der Waals surface area contributed by atoms with Crippen molar-refractivity contribution >= 4 is 23.9 Å². The Bertz CT molecular complexity index is 756. The number of rotatable bonds is 9. The second-order valence-corrected chi connectivity index (χ2v) is 8.77. The van der Waals surface area contributed by atoms with E-state index in [2.05, 4.69) is 20.1 Å². The van der Waals surface area contributed by atoms with E-state index < -0.39 is 5.97 Å². The van der Waals surface area contributed by atoms with Crippen molar-refractivity contribution in [3.8, 4) is 0 Å². The zero-order valence-corrected chi connectivity index (χ0v) is 18.3. The molecule has 1 aromatic heterocycles. The van der Waals surface area contributed by atoms with Gasteiger partial charge in [0.1, 0.15) is 6.29 Å². The topological polar surface area (TPSA) is 103 Å². The molecule has 0 spiro atoms. The fourth-order valence-corrected chi connectivity index (χ4v) is 4.65. The molecule has 0 radical (unpaired) electrons. The SMILES string of the molecule is CNC(=O)CCC(C=O)c1cncc(N2CCC(CN3CCC(C(=O)O)CC3)CC2)c1. The van der Waals surface area contributed by atoms with Gasteiger partial charge in [-0.3, -0.25) is 14.6 Å². The normalized spacial score (nSPS) is 19.7. The summed E-state index contributed by atoms with van der Waals surface area (Å²) in [6.45, 7) is 4.71. The van der Waals surface area contributed by atoms with E-state index in [-0.39, 0.29) is 17.7 Å². The van der Waals surface area contributed by atoms with Gasteiger partial charge in [-0.1, -0.05) is 0 Å². The number of carboxylic acid groups (broad SMARTS) is 1. The van der Waals surface area contributed by atoms with Gasteiger partial charge < -0.3 is 25.0 Å². The molecule has 3 heterocycles. The van der Waals surface area contributed by atoms with Gasteiger partial charge >= 0.3 is 5.97 Å². The average molecular weight is 431 g/mol. The van der Waals surface area contributed by atoms with Crippen molar-refractivity contribution in [2.45, 2.75) is 44.4 Å². The second kappa shape index (κ2) is 11.2. The number of nitrogens with zero attached hydrogens (tertiary/aromatic N) is 3. The summed E-state index contributed by atoms with van der Waals surface area (Å²) in [5, 5.41) is 11.7. The summed E-state index contributed by atoms with van der Waals surface area (Å²) in [6.07, 6.45) is 8.97. The lowest BCUT2D eigenvalue weighted by molar-refractivity contribution is -0.143. The molecule has 1 aromatic rings. The van der Waals surface area contributed by atoms with Crippen LogP contribution in [0, 0.1) is 11.8 Å². The minimum Gasteiger partial charge on any atom is -0.481 e. The van der Waals surface area contributed by atoms with E-state index >= 15 is 0 Å². The number of amides is 1. The van der Waals surface area contributed by atoms with Crippen molar-refractivity contribution in [3.05, 3.63) is 24.0 Å². The molecule has 2 aliphatic rings. The highest BCUT2D eigenvalue weighted by Gasteiger charge is 2.27. The molecular weight excluding hydrogens is 396 g/mol. The lowest BCUT2D eigenvalue weighted by Crippen LogP contribution is -2.42. The predicted octanol–water partition coefficient (Wildman–Crippen LogP) is 1.90. The van der Waals surface area contributed by atoms with Crippen LogP contribution in [0.5, 0.6) is 0 Å². The Morgan fingerprint density at radius 2 is 1.90 bits per heavy atom. The van der Waals surface area contributed by atoms with Gasteiger partial charge in [0.15, 0.2) is 0 Å². The van der Waals surface area contributed by atoms with Crippen molar-refractivity contribution in [2.24, 2.45) is 11.8 Å². The maximum absolute atomic E-state index is 11.6. The van der Waals surface area contributed by atoms with Crippen molar-refractivity contribution in [3.63, 3.8) is 0 Å². The molecule has 0 saturated carbocycles. The minimum atomic E-state index is -0.658. The van der Waals surface area contributed by atoms with Gasteiger partial charge in [0.2, 0.25) is 5.91 Å². The van der Waals surface area contributed by atoms with Crippen LogP contribution in [-0.2, 0) is 14.4 Å². The summed E-state index contributed by atoms with van der Waals surface area (Å²) in [5.41, 5.74) is 1.89. The summed E-state index contributed by atoms with van der Waals surface area (Å²) in [5.74, 6) is -0.594. The van der Waals surface area contributed by atoms with Gasteiger partial charge in [-0.15, -0.1) is 0 Å². The minimum absolute atomic E-state index is 0.0646. The number of aliphatic carboxylic acids is 1. The van der Waals surface area contributed by atoms with Crippen LogP contribution in [0.2, 0.25) is 0 Å². The van der Waals surface area contributed by atoms with E-state index in [0.717, 1.165) is 75.9 Å². The van der Waals surface area contributed by atoms with Gasteiger partial charge in [-0.2, -0.15) is 0 Å². The molecule has 2 N–H and O–H groups in total. The predicted molar refractivity (Wildman–Crippen MR) is 118 cm³/mol. The molecule has 8 nitrogen and oxygen atoms in total. The van der Waals surface area contributed by atoms with Crippen molar-refractivity contribution < 1.29 is 19.5 Å². The van der Waals surface area contributed by atoms with Crippen LogP contribution in [0.4, 0.5) is 5.69 Å².